The van der Waals surface area contributed by atoms with E-state index in [4.69, 9.17) is 5.26 Å². The highest BCUT2D eigenvalue weighted by Crippen LogP contribution is 2.43. The summed E-state index contributed by atoms with van der Waals surface area (Å²) in [6, 6.07) is 10.4. The number of nitrogens with one attached hydrogen (secondary N) is 2. The summed E-state index contributed by atoms with van der Waals surface area (Å²) in [5.41, 5.74) is 9.28. The number of benzene rings is 1. The number of H-pyrrole nitrogens is 1. The van der Waals surface area contributed by atoms with Gasteiger partial charge < -0.3 is 10.3 Å². The molecule has 1 heterocycles. The molecule has 30 heavy (non-hydrogen) atoms. The number of aromatic amines is 1. The Balaban J connectivity index is 1.58. The molecule has 0 bridgehead atoms. The normalized spacial score (nSPS) is 18.4. The minimum atomic E-state index is 0.199. The fourth-order valence-electron chi connectivity index (χ4n) is 4.98. The van der Waals surface area contributed by atoms with Crippen LogP contribution in [0.4, 0.5) is 0 Å². The Morgan fingerprint density at radius 3 is 2.60 bits per heavy atom. The fraction of sp³-hybridized carbons (Fsp3) is 0.444. The van der Waals surface area contributed by atoms with Gasteiger partial charge in [0, 0.05) is 11.3 Å². The van der Waals surface area contributed by atoms with E-state index < -0.39 is 0 Å². The monoisotopic (exact) mass is 399 g/mol. The van der Waals surface area contributed by atoms with Gasteiger partial charge in [0.25, 0.3) is 0 Å². The van der Waals surface area contributed by atoms with E-state index in [1.165, 1.54) is 47.2 Å². The molecule has 2 aliphatic carbocycles. The van der Waals surface area contributed by atoms with Crippen molar-refractivity contribution >= 4 is 11.3 Å². The second-order valence-electron chi connectivity index (χ2n) is 10.0. The Kier molecular flexibility index (Phi) is 5.36. The summed E-state index contributed by atoms with van der Waals surface area (Å²) in [5.74, 6) is 0.881. The van der Waals surface area contributed by atoms with Crippen molar-refractivity contribution in [1.82, 2.24) is 10.3 Å². The molecular formula is C27H33N3. The molecule has 1 unspecified atom stereocenters. The summed E-state index contributed by atoms with van der Waals surface area (Å²) < 4.78 is 0. The zero-order chi connectivity index (χ0) is 21.5. The Morgan fingerprint density at radius 1 is 1.27 bits per heavy atom. The van der Waals surface area contributed by atoms with Crippen molar-refractivity contribution in [3.05, 3.63) is 71.1 Å². The average Bonchev–Trinajstić information content (AvgIpc) is 3.46. The molecule has 0 spiro atoms. The quantitative estimate of drug-likeness (QED) is 0.546. The number of nitriles is 1. The minimum Gasteiger partial charge on any atom is -0.377 e. The second kappa shape index (κ2) is 7.84. The topological polar surface area (TPSA) is 51.6 Å². The molecule has 2 N–H and O–H groups in total. The Hall–Kier alpha value is -2.73. The maximum absolute atomic E-state index is 9.12. The summed E-state index contributed by atoms with van der Waals surface area (Å²) >= 11 is 0. The fourth-order valence-corrected chi connectivity index (χ4v) is 4.98. The molecule has 0 saturated heterocycles. The Labute approximate surface area is 180 Å². The molecule has 2 aromatic rings. The summed E-state index contributed by atoms with van der Waals surface area (Å²) in [6.07, 6.45) is 7.11. The van der Waals surface area contributed by atoms with Crippen molar-refractivity contribution in [3.8, 4) is 6.07 Å². The lowest BCUT2D eigenvalue weighted by molar-refractivity contribution is 0.362. The molecule has 3 nitrogen and oxygen atoms in total. The molecule has 1 aromatic heterocycles. The first kappa shape index (κ1) is 20.5. The molecule has 4 rings (SSSR count). The number of nitrogens with zero attached hydrogens (tertiary/aromatic N) is 1. The SMILES string of the molecule is C=C(NC(CCC1CC1)c1ccc(C#N)cc1)c1[nH]c2c(c1C)C(=C)CC(C)(C)C2. The third kappa shape index (κ3) is 4.24. The largest absolute Gasteiger partial charge is 0.377 e. The van der Waals surface area contributed by atoms with Crippen molar-refractivity contribution in [2.45, 2.75) is 65.3 Å². The lowest BCUT2D eigenvalue weighted by Crippen LogP contribution is -2.21. The summed E-state index contributed by atoms with van der Waals surface area (Å²) in [4.78, 5) is 3.67. The lowest BCUT2D eigenvalue weighted by atomic mass is 9.74. The van der Waals surface area contributed by atoms with Gasteiger partial charge in [0.2, 0.25) is 0 Å². The van der Waals surface area contributed by atoms with E-state index in [1.807, 2.05) is 12.1 Å². The second-order valence-corrected chi connectivity index (χ2v) is 10.0. The van der Waals surface area contributed by atoms with Gasteiger partial charge in [-0.05, 0) is 72.8 Å². The number of hydrogen-bond donors (Lipinski definition) is 2. The van der Waals surface area contributed by atoms with Gasteiger partial charge in [-0.2, -0.15) is 5.26 Å². The molecule has 0 radical (unpaired) electrons. The number of rotatable bonds is 7. The molecule has 2 aliphatic rings. The van der Waals surface area contributed by atoms with Gasteiger partial charge in [0.1, 0.15) is 0 Å². The van der Waals surface area contributed by atoms with E-state index in [-0.39, 0.29) is 11.5 Å². The van der Waals surface area contributed by atoms with Crippen molar-refractivity contribution in [1.29, 1.82) is 5.26 Å². The maximum Gasteiger partial charge on any atom is 0.0991 e. The predicted octanol–water partition coefficient (Wildman–Crippen LogP) is 6.67. The molecule has 0 aliphatic heterocycles. The van der Waals surface area contributed by atoms with Crippen LogP contribution in [0.5, 0.6) is 0 Å². The van der Waals surface area contributed by atoms with Gasteiger partial charge in [-0.1, -0.05) is 52.0 Å². The van der Waals surface area contributed by atoms with Crippen LogP contribution in [-0.4, -0.2) is 4.98 Å². The standard InChI is InChI=1S/C27H33N3/c1-17-14-27(4,5)15-24-25(17)18(2)26(30-24)19(3)29-23(13-10-20-6-7-20)22-11-8-21(16-28)9-12-22/h8-9,11-12,20,23,29-30H,1,3,6-7,10,13-15H2,2,4-5H3. The van der Waals surface area contributed by atoms with E-state index >= 15 is 0 Å². The van der Waals surface area contributed by atoms with Crippen LogP contribution in [0, 0.1) is 29.6 Å². The molecule has 3 heteroatoms. The van der Waals surface area contributed by atoms with E-state index in [0.29, 0.717) is 5.56 Å². The zero-order valence-electron chi connectivity index (χ0n) is 18.6. The number of allylic oxidation sites excluding steroid dienone is 1. The lowest BCUT2D eigenvalue weighted by Gasteiger charge is -2.31. The molecule has 1 saturated carbocycles. The molecule has 1 aromatic carbocycles. The van der Waals surface area contributed by atoms with Crippen LogP contribution >= 0.6 is 0 Å². The molecular weight excluding hydrogens is 366 g/mol. The number of aromatic nitrogens is 1. The van der Waals surface area contributed by atoms with Crippen LogP contribution in [0.2, 0.25) is 0 Å². The van der Waals surface area contributed by atoms with Gasteiger partial charge in [-0.15, -0.1) is 0 Å². The Morgan fingerprint density at radius 2 is 1.97 bits per heavy atom. The van der Waals surface area contributed by atoms with Crippen LogP contribution in [0.25, 0.3) is 11.3 Å². The van der Waals surface area contributed by atoms with Crippen molar-refractivity contribution in [2.24, 2.45) is 11.3 Å². The van der Waals surface area contributed by atoms with Crippen molar-refractivity contribution < 1.29 is 0 Å². The molecule has 1 fully saturated rings. The summed E-state index contributed by atoms with van der Waals surface area (Å²) in [6.45, 7) is 15.6. The first-order valence-electron chi connectivity index (χ1n) is 11.1. The van der Waals surface area contributed by atoms with Gasteiger partial charge in [-0.3, -0.25) is 0 Å². The van der Waals surface area contributed by atoms with Gasteiger partial charge in [0.05, 0.1) is 29.1 Å². The highest BCUT2D eigenvalue weighted by molar-refractivity contribution is 5.77. The van der Waals surface area contributed by atoms with Crippen molar-refractivity contribution in [2.75, 3.05) is 0 Å². The highest BCUT2D eigenvalue weighted by atomic mass is 15.0. The Bertz CT molecular complexity index is 1010. The number of hydrogen-bond acceptors (Lipinski definition) is 2. The highest BCUT2D eigenvalue weighted by Gasteiger charge is 2.31. The molecule has 0 amide bonds. The van der Waals surface area contributed by atoms with Crippen LogP contribution in [0.3, 0.4) is 0 Å². The zero-order valence-corrected chi connectivity index (χ0v) is 18.6. The van der Waals surface area contributed by atoms with Crippen LogP contribution in [-0.2, 0) is 6.42 Å². The first-order valence-corrected chi connectivity index (χ1v) is 11.1. The van der Waals surface area contributed by atoms with E-state index in [1.54, 1.807) is 0 Å². The van der Waals surface area contributed by atoms with Crippen LogP contribution in [0.15, 0.2) is 37.4 Å². The third-order valence-electron chi connectivity index (χ3n) is 6.68. The average molecular weight is 400 g/mol. The van der Waals surface area contributed by atoms with E-state index in [9.17, 15) is 0 Å². The third-order valence-corrected chi connectivity index (χ3v) is 6.68. The summed E-state index contributed by atoms with van der Waals surface area (Å²) in [5, 5.41) is 12.8. The molecule has 156 valence electrons. The maximum atomic E-state index is 9.12. The predicted molar refractivity (Wildman–Crippen MR) is 125 cm³/mol. The van der Waals surface area contributed by atoms with Crippen LogP contribution in [0.1, 0.15) is 85.6 Å². The van der Waals surface area contributed by atoms with E-state index in [2.05, 4.69) is 62.4 Å². The number of fused-ring (bicyclic) bond motifs is 1. The van der Waals surface area contributed by atoms with Gasteiger partial charge in [0.15, 0.2) is 0 Å². The van der Waals surface area contributed by atoms with Gasteiger partial charge in [-0.25, -0.2) is 0 Å². The summed E-state index contributed by atoms with van der Waals surface area (Å²) in [7, 11) is 0. The van der Waals surface area contributed by atoms with Crippen LogP contribution < -0.4 is 5.32 Å². The van der Waals surface area contributed by atoms with E-state index in [0.717, 1.165) is 36.6 Å². The smallest absolute Gasteiger partial charge is 0.0991 e. The van der Waals surface area contributed by atoms with Crippen molar-refractivity contribution in [3.63, 3.8) is 0 Å². The minimum absolute atomic E-state index is 0.199. The first-order chi connectivity index (χ1) is 14.3. The molecule has 1 atom stereocenters. The van der Waals surface area contributed by atoms with Gasteiger partial charge >= 0.3 is 0 Å².